The van der Waals surface area contributed by atoms with E-state index in [1.807, 2.05) is 0 Å². The highest BCUT2D eigenvalue weighted by Gasteiger charge is 2.35. The lowest BCUT2D eigenvalue weighted by Crippen LogP contribution is -2.47. The van der Waals surface area contributed by atoms with E-state index in [1.54, 1.807) is 0 Å². The van der Waals surface area contributed by atoms with Crippen LogP contribution < -0.4 is 5.32 Å². The number of rotatable bonds is 6. The summed E-state index contributed by atoms with van der Waals surface area (Å²) in [6.07, 6.45) is 6.21. The second-order valence-electron chi connectivity index (χ2n) is 6.01. The van der Waals surface area contributed by atoms with Gasteiger partial charge in [-0.1, -0.05) is 13.8 Å². The molecule has 3 unspecified atom stereocenters. The maximum absolute atomic E-state index is 5.88. The number of fused-ring (bicyclic) bond motifs is 2. The third-order valence-electron chi connectivity index (χ3n) is 4.05. The van der Waals surface area contributed by atoms with Crippen molar-refractivity contribution >= 4 is 0 Å². The minimum absolute atomic E-state index is 0.532. The summed E-state index contributed by atoms with van der Waals surface area (Å²) in [6, 6.07) is 1.33. The topological polar surface area (TPSA) is 24.5 Å². The fourth-order valence-corrected chi connectivity index (χ4v) is 2.98. The molecule has 2 aliphatic heterocycles. The first kappa shape index (κ1) is 13.3. The zero-order chi connectivity index (χ0) is 12.3. The summed E-state index contributed by atoms with van der Waals surface area (Å²) in [5.41, 5.74) is 0. The van der Waals surface area contributed by atoms with Gasteiger partial charge in [0.25, 0.3) is 0 Å². The standard InChI is InChI=1S/C14H28N2O/c1-11(2)15-8-4-5-12(3)16-9-13-6-7-14(10-16)17-13/h11-15H,4-10H2,1-3H3. The molecule has 0 aromatic rings. The molecule has 2 fully saturated rings. The monoisotopic (exact) mass is 240 g/mol. The van der Waals surface area contributed by atoms with Crippen molar-refractivity contribution in [3.05, 3.63) is 0 Å². The Morgan fingerprint density at radius 3 is 2.41 bits per heavy atom. The first-order valence-corrected chi connectivity index (χ1v) is 7.28. The van der Waals surface area contributed by atoms with Gasteiger partial charge in [-0.25, -0.2) is 0 Å². The lowest BCUT2D eigenvalue weighted by Gasteiger charge is -2.36. The molecule has 3 atom stereocenters. The van der Waals surface area contributed by atoms with Crippen LogP contribution >= 0.6 is 0 Å². The maximum atomic E-state index is 5.88. The van der Waals surface area contributed by atoms with Crippen LogP contribution in [0.4, 0.5) is 0 Å². The number of morpholine rings is 1. The van der Waals surface area contributed by atoms with Crippen LogP contribution in [0.5, 0.6) is 0 Å². The summed E-state index contributed by atoms with van der Waals surface area (Å²) in [5, 5.41) is 3.49. The molecule has 3 heteroatoms. The molecular formula is C14H28N2O. The molecule has 2 rings (SSSR count). The Balaban J connectivity index is 1.64. The average molecular weight is 240 g/mol. The van der Waals surface area contributed by atoms with Gasteiger partial charge in [0.1, 0.15) is 0 Å². The quantitative estimate of drug-likeness (QED) is 0.719. The van der Waals surface area contributed by atoms with Crippen molar-refractivity contribution in [2.45, 2.75) is 70.7 Å². The van der Waals surface area contributed by atoms with Crippen molar-refractivity contribution in [2.75, 3.05) is 19.6 Å². The van der Waals surface area contributed by atoms with Crippen LogP contribution in [0.15, 0.2) is 0 Å². The summed E-state index contributed by atoms with van der Waals surface area (Å²) < 4.78 is 5.88. The van der Waals surface area contributed by atoms with Gasteiger partial charge in [0.15, 0.2) is 0 Å². The zero-order valence-electron chi connectivity index (χ0n) is 11.6. The molecule has 0 aromatic heterocycles. The number of hydrogen-bond donors (Lipinski definition) is 1. The molecule has 2 saturated heterocycles. The first-order valence-electron chi connectivity index (χ1n) is 7.28. The van der Waals surface area contributed by atoms with Gasteiger partial charge in [0.2, 0.25) is 0 Å². The molecule has 0 spiro atoms. The molecule has 0 aromatic carbocycles. The molecule has 2 aliphatic rings. The highest BCUT2D eigenvalue weighted by Crippen LogP contribution is 2.27. The first-order chi connectivity index (χ1) is 8.15. The number of nitrogens with one attached hydrogen (secondary N) is 1. The van der Waals surface area contributed by atoms with Gasteiger partial charge < -0.3 is 10.1 Å². The smallest absolute Gasteiger partial charge is 0.0707 e. The Morgan fingerprint density at radius 1 is 1.18 bits per heavy atom. The molecule has 3 nitrogen and oxygen atoms in total. The fraction of sp³-hybridized carbons (Fsp3) is 1.00. The van der Waals surface area contributed by atoms with Crippen LogP contribution in [0.1, 0.15) is 46.5 Å². The number of hydrogen-bond acceptors (Lipinski definition) is 3. The minimum atomic E-state index is 0.532. The summed E-state index contributed by atoms with van der Waals surface area (Å²) in [7, 11) is 0. The van der Waals surface area contributed by atoms with Crippen LogP contribution in [0, 0.1) is 0 Å². The average Bonchev–Trinajstić information content (AvgIpc) is 2.63. The Morgan fingerprint density at radius 2 is 1.82 bits per heavy atom. The number of likely N-dealkylation sites (tertiary alicyclic amines) is 1. The van der Waals surface area contributed by atoms with Crippen LogP contribution in [0.3, 0.4) is 0 Å². The molecule has 0 amide bonds. The molecule has 0 aliphatic carbocycles. The Labute approximate surface area is 106 Å². The van der Waals surface area contributed by atoms with Gasteiger partial charge >= 0.3 is 0 Å². The summed E-state index contributed by atoms with van der Waals surface area (Å²) >= 11 is 0. The maximum Gasteiger partial charge on any atom is 0.0707 e. The van der Waals surface area contributed by atoms with E-state index in [2.05, 4.69) is 31.0 Å². The van der Waals surface area contributed by atoms with E-state index >= 15 is 0 Å². The molecule has 17 heavy (non-hydrogen) atoms. The van der Waals surface area contributed by atoms with E-state index < -0.39 is 0 Å². The summed E-state index contributed by atoms with van der Waals surface area (Å²) in [5.74, 6) is 0. The van der Waals surface area contributed by atoms with Crippen molar-refractivity contribution in [1.82, 2.24) is 10.2 Å². The van der Waals surface area contributed by atoms with Gasteiger partial charge in [0.05, 0.1) is 12.2 Å². The van der Waals surface area contributed by atoms with E-state index in [4.69, 9.17) is 4.74 Å². The molecule has 2 heterocycles. The highest BCUT2D eigenvalue weighted by atomic mass is 16.5. The predicted octanol–water partition coefficient (Wildman–Crippen LogP) is 2.02. The van der Waals surface area contributed by atoms with Crippen LogP contribution in [-0.2, 0) is 4.74 Å². The molecule has 1 N–H and O–H groups in total. The second-order valence-corrected chi connectivity index (χ2v) is 6.01. The Hall–Kier alpha value is -0.120. The van der Waals surface area contributed by atoms with Crippen LogP contribution in [0.25, 0.3) is 0 Å². The van der Waals surface area contributed by atoms with Crippen molar-refractivity contribution in [3.8, 4) is 0 Å². The summed E-state index contributed by atoms with van der Waals surface area (Å²) in [6.45, 7) is 10.3. The minimum Gasteiger partial charge on any atom is -0.372 e. The van der Waals surface area contributed by atoms with Crippen molar-refractivity contribution in [3.63, 3.8) is 0 Å². The van der Waals surface area contributed by atoms with Gasteiger partial charge in [-0.15, -0.1) is 0 Å². The fourth-order valence-electron chi connectivity index (χ4n) is 2.98. The van der Waals surface area contributed by atoms with E-state index in [0.29, 0.717) is 18.2 Å². The van der Waals surface area contributed by atoms with Crippen molar-refractivity contribution < 1.29 is 4.74 Å². The number of ether oxygens (including phenoxy) is 1. The van der Waals surface area contributed by atoms with E-state index in [-0.39, 0.29) is 0 Å². The molecular weight excluding hydrogens is 212 g/mol. The van der Waals surface area contributed by atoms with E-state index in [1.165, 1.54) is 25.7 Å². The van der Waals surface area contributed by atoms with Gasteiger partial charge in [-0.3, -0.25) is 4.90 Å². The molecule has 0 saturated carbocycles. The van der Waals surface area contributed by atoms with Crippen LogP contribution in [0.2, 0.25) is 0 Å². The van der Waals surface area contributed by atoms with E-state index in [9.17, 15) is 0 Å². The third kappa shape index (κ3) is 3.94. The highest BCUT2D eigenvalue weighted by molar-refractivity contribution is 4.86. The van der Waals surface area contributed by atoms with Gasteiger partial charge in [-0.2, -0.15) is 0 Å². The van der Waals surface area contributed by atoms with Crippen molar-refractivity contribution in [2.24, 2.45) is 0 Å². The SMILES string of the molecule is CC(C)NCCCC(C)N1CC2CCC(C1)O2. The van der Waals surface area contributed by atoms with E-state index in [0.717, 1.165) is 25.7 Å². The summed E-state index contributed by atoms with van der Waals surface area (Å²) in [4.78, 5) is 2.64. The normalized spacial score (nSPS) is 31.1. The van der Waals surface area contributed by atoms with Gasteiger partial charge in [0, 0.05) is 25.2 Å². The largest absolute Gasteiger partial charge is 0.372 e. The van der Waals surface area contributed by atoms with Crippen LogP contribution in [-0.4, -0.2) is 48.8 Å². The Bertz CT molecular complexity index is 220. The molecule has 0 radical (unpaired) electrons. The number of nitrogens with zero attached hydrogens (tertiary/aromatic N) is 1. The molecule has 2 bridgehead atoms. The second kappa shape index (κ2) is 6.17. The lowest BCUT2D eigenvalue weighted by molar-refractivity contribution is -0.0514. The lowest BCUT2D eigenvalue weighted by atomic mass is 10.1. The Kier molecular flexibility index (Phi) is 4.83. The van der Waals surface area contributed by atoms with Gasteiger partial charge in [-0.05, 0) is 39.2 Å². The third-order valence-corrected chi connectivity index (χ3v) is 4.05. The zero-order valence-corrected chi connectivity index (χ0v) is 11.6. The molecule has 100 valence electrons. The van der Waals surface area contributed by atoms with Crippen molar-refractivity contribution in [1.29, 1.82) is 0 Å². The predicted molar refractivity (Wildman–Crippen MR) is 71.3 cm³/mol.